The van der Waals surface area contributed by atoms with Crippen LogP contribution in [0.2, 0.25) is 0 Å². The van der Waals surface area contributed by atoms with E-state index in [4.69, 9.17) is 0 Å². The number of hydrogen-bond donors (Lipinski definition) is 1. The van der Waals surface area contributed by atoms with Crippen molar-refractivity contribution in [1.82, 2.24) is 4.57 Å². The van der Waals surface area contributed by atoms with Crippen molar-refractivity contribution < 1.29 is 9.50 Å². The highest BCUT2D eigenvalue weighted by atomic mass is 19.1. The Labute approximate surface area is 166 Å². The van der Waals surface area contributed by atoms with Crippen LogP contribution in [0.5, 0.6) is 5.75 Å². The van der Waals surface area contributed by atoms with Gasteiger partial charge in [-0.1, -0.05) is 20.8 Å². The Morgan fingerprint density at radius 2 is 1.71 bits per heavy atom. The van der Waals surface area contributed by atoms with Crippen molar-refractivity contribution in [3.8, 4) is 11.4 Å². The van der Waals surface area contributed by atoms with Gasteiger partial charge < -0.3 is 9.67 Å². The van der Waals surface area contributed by atoms with Gasteiger partial charge in [0.25, 0.3) is 0 Å². The fourth-order valence-electron chi connectivity index (χ4n) is 6.13. The Balaban J connectivity index is 1.69. The molecule has 0 radical (unpaired) electrons. The maximum atomic E-state index is 13.5. The number of fused-ring (bicyclic) bond motifs is 1. The number of phenolic OH excluding ortho intramolecular Hbond substituents is 1. The number of nitrogens with zero attached hydrogens (tertiary/aromatic N) is 1. The van der Waals surface area contributed by atoms with Gasteiger partial charge in [0.15, 0.2) is 0 Å². The first-order valence-corrected chi connectivity index (χ1v) is 10.5. The first-order valence-electron chi connectivity index (χ1n) is 10.5. The predicted molar refractivity (Wildman–Crippen MR) is 112 cm³/mol. The van der Waals surface area contributed by atoms with E-state index in [1.807, 2.05) is 24.3 Å². The zero-order valence-corrected chi connectivity index (χ0v) is 16.9. The fourth-order valence-corrected chi connectivity index (χ4v) is 6.13. The van der Waals surface area contributed by atoms with Crippen LogP contribution < -0.4 is 0 Å². The standard InChI is InChI=1S/C25H28FNO/c1-15(2)24-23(17-13-25(14-17)11-16(3)12-25)21-10-20(28)8-9-22(21)27(24)19-6-4-18(26)5-7-19/h4-10,15-17,28H,11-14H2,1-3H3. The molecule has 2 aliphatic rings. The quantitative estimate of drug-likeness (QED) is 0.528. The molecule has 3 aromatic rings. The van der Waals surface area contributed by atoms with Gasteiger partial charge in [-0.2, -0.15) is 0 Å². The van der Waals surface area contributed by atoms with Crippen LogP contribution in [0, 0.1) is 17.2 Å². The van der Waals surface area contributed by atoms with Crippen LogP contribution in [0.15, 0.2) is 42.5 Å². The van der Waals surface area contributed by atoms with Gasteiger partial charge in [0, 0.05) is 16.8 Å². The highest BCUT2D eigenvalue weighted by Crippen LogP contribution is 2.65. The van der Waals surface area contributed by atoms with Gasteiger partial charge >= 0.3 is 0 Å². The summed E-state index contributed by atoms with van der Waals surface area (Å²) in [5.74, 6) is 1.85. The number of benzene rings is 2. The lowest BCUT2D eigenvalue weighted by Gasteiger charge is -2.57. The maximum Gasteiger partial charge on any atom is 0.123 e. The monoisotopic (exact) mass is 377 g/mol. The van der Waals surface area contributed by atoms with Crippen LogP contribution in [0.1, 0.15) is 69.5 Å². The van der Waals surface area contributed by atoms with Crippen LogP contribution in [0.3, 0.4) is 0 Å². The van der Waals surface area contributed by atoms with Gasteiger partial charge in [-0.15, -0.1) is 0 Å². The molecule has 2 aliphatic carbocycles. The minimum Gasteiger partial charge on any atom is -0.508 e. The first-order chi connectivity index (χ1) is 13.4. The Morgan fingerprint density at radius 1 is 1.04 bits per heavy atom. The molecule has 0 atom stereocenters. The summed E-state index contributed by atoms with van der Waals surface area (Å²) in [5.41, 5.74) is 5.36. The second-order valence-electron chi connectivity index (χ2n) is 9.59. The van der Waals surface area contributed by atoms with E-state index in [9.17, 15) is 9.50 Å². The normalized spacial score (nSPS) is 26.6. The largest absolute Gasteiger partial charge is 0.508 e. The molecule has 1 aromatic heterocycles. The highest BCUT2D eigenvalue weighted by Gasteiger charge is 2.52. The van der Waals surface area contributed by atoms with E-state index in [-0.39, 0.29) is 5.82 Å². The predicted octanol–water partition coefficient (Wildman–Crippen LogP) is 6.89. The molecule has 0 aliphatic heterocycles. The summed E-state index contributed by atoms with van der Waals surface area (Å²) in [7, 11) is 0. The molecule has 2 fully saturated rings. The van der Waals surface area contributed by atoms with Crippen molar-refractivity contribution in [2.24, 2.45) is 11.3 Å². The molecule has 28 heavy (non-hydrogen) atoms. The third kappa shape index (κ3) is 2.59. The molecule has 3 heteroatoms. The Kier molecular flexibility index (Phi) is 3.88. The van der Waals surface area contributed by atoms with Crippen molar-refractivity contribution >= 4 is 10.9 Å². The maximum absolute atomic E-state index is 13.5. The number of hydrogen-bond acceptors (Lipinski definition) is 1. The second-order valence-corrected chi connectivity index (χ2v) is 9.59. The topological polar surface area (TPSA) is 25.2 Å². The Hall–Kier alpha value is -2.29. The summed E-state index contributed by atoms with van der Waals surface area (Å²) >= 11 is 0. The smallest absolute Gasteiger partial charge is 0.123 e. The molecule has 0 unspecified atom stereocenters. The zero-order valence-electron chi connectivity index (χ0n) is 16.9. The lowest BCUT2D eigenvalue weighted by molar-refractivity contribution is -0.0340. The molecule has 1 heterocycles. The minimum atomic E-state index is -0.218. The molecule has 0 bridgehead atoms. The van der Waals surface area contributed by atoms with Crippen molar-refractivity contribution in [2.45, 2.75) is 58.3 Å². The van der Waals surface area contributed by atoms with E-state index in [0.29, 0.717) is 23.0 Å². The number of phenols is 1. The molecule has 2 nitrogen and oxygen atoms in total. The van der Waals surface area contributed by atoms with E-state index in [1.54, 1.807) is 6.07 Å². The Bertz CT molecular complexity index is 1030. The molecule has 2 saturated carbocycles. The summed E-state index contributed by atoms with van der Waals surface area (Å²) in [6.45, 7) is 6.82. The molecule has 146 valence electrons. The number of aromatic hydroxyl groups is 1. The van der Waals surface area contributed by atoms with Crippen molar-refractivity contribution in [3.05, 3.63) is 59.5 Å². The van der Waals surface area contributed by atoms with Gasteiger partial charge in [0.05, 0.1) is 5.52 Å². The minimum absolute atomic E-state index is 0.218. The van der Waals surface area contributed by atoms with Crippen molar-refractivity contribution in [2.75, 3.05) is 0 Å². The first kappa shape index (κ1) is 17.8. The molecular weight excluding hydrogens is 349 g/mol. The van der Waals surface area contributed by atoms with E-state index in [0.717, 1.165) is 22.5 Å². The molecular formula is C25H28FNO. The van der Waals surface area contributed by atoms with Crippen LogP contribution in [0.4, 0.5) is 4.39 Å². The van der Waals surface area contributed by atoms with E-state index >= 15 is 0 Å². The van der Waals surface area contributed by atoms with Crippen LogP contribution >= 0.6 is 0 Å². The van der Waals surface area contributed by atoms with Gasteiger partial charge in [-0.25, -0.2) is 4.39 Å². The van der Waals surface area contributed by atoms with E-state index in [2.05, 4.69) is 25.3 Å². The average Bonchev–Trinajstić information content (AvgIpc) is 2.91. The average molecular weight is 378 g/mol. The van der Waals surface area contributed by atoms with E-state index in [1.165, 1.54) is 49.1 Å². The zero-order chi connectivity index (χ0) is 19.6. The lowest BCUT2D eigenvalue weighted by atomic mass is 9.47. The van der Waals surface area contributed by atoms with Crippen LogP contribution in [0.25, 0.3) is 16.6 Å². The second kappa shape index (κ2) is 6.10. The molecule has 5 rings (SSSR count). The summed E-state index contributed by atoms with van der Waals surface area (Å²) in [4.78, 5) is 0. The lowest BCUT2D eigenvalue weighted by Crippen LogP contribution is -2.45. The third-order valence-electron chi connectivity index (χ3n) is 6.99. The van der Waals surface area contributed by atoms with Crippen LogP contribution in [-0.4, -0.2) is 9.67 Å². The van der Waals surface area contributed by atoms with Crippen LogP contribution in [-0.2, 0) is 0 Å². The van der Waals surface area contributed by atoms with Crippen molar-refractivity contribution in [3.63, 3.8) is 0 Å². The molecule has 2 aromatic carbocycles. The molecule has 1 spiro atoms. The molecule has 1 N–H and O–H groups in total. The Morgan fingerprint density at radius 3 is 2.32 bits per heavy atom. The summed E-state index contributed by atoms with van der Waals surface area (Å²) < 4.78 is 15.8. The summed E-state index contributed by atoms with van der Waals surface area (Å²) in [6.07, 6.45) is 5.25. The van der Waals surface area contributed by atoms with Gasteiger partial charge in [0.2, 0.25) is 0 Å². The number of rotatable bonds is 3. The van der Waals surface area contributed by atoms with E-state index < -0.39 is 0 Å². The molecule has 0 amide bonds. The third-order valence-corrected chi connectivity index (χ3v) is 6.99. The van der Waals surface area contributed by atoms with Gasteiger partial charge in [-0.3, -0.25) is 0 Å². The summed E-state index contributed by atoms with van der Waals surface area (Å²) in [5, 5.41) is 11.4. The number of aromatic nitrogens is 1. The van der Waals surface area contributed by atoms with Gasteiger partial charge in [-0.05, 0) is 96.9 Å². The highest BCUT2D eigenvalue weighted by molar-refractivity contribution is 5.89. The van der Waals surface area contributed by atoms with Gasteiger partial charge in [0.1, 0.15) is 11.6 Å². The SMILES string of the molecule is CC1CC2(C1)CC(c1c(C(C)C)n(-c3ccc(F)cc3)c3ccc(O)cc13)C2. The fraction of sp³-hybridized carbons (Fsp3) is 0.440. The summed E-state index contributed by atoms with van der Waals surface area (Å²) in [6, 6.07) is 12.4. The van der Waals surface area contributed by atoms with Crippen molar-refractivity contribution in [1.29, 1.82) is 0 Å². The number of halogens is 1. The molecule has 0 saturated heterocycles.